The van der Waals surface area contributed by atoms with Crippen LogP contribution in [0.1, 0.15) is 38.5 Å². The quantitative estimate of drug-likeness (QED) is 0.0686. The van der Waals surface area contributed by atoms with Gasteiger partial charge in [-0.15, -0.1) is 0 Å². The Kier molecular flexibility index (Phi) is 9.80. The highest BCUT2D eigenvalue weighted by Crippen LogP contribution is 2.41. The van der Waals surface area contributed by atoms with Crippen LogP contribution in [0.25, 0.3) is 28.3 Å². The monoisotopic (exact) mass is 629 g/mol. The van der Waals surface area contributed by atoms with Gasteiger partial charge < -0.3 is 18.6 Å². The summed E-state index contributed by atoms with van der Waals surface area (Å²) < 4.78 is 56.2. The molecule has 0 aliphatic carbocycles. The SMILES string of the molecule is CCC(=Cc1oc2ccc(-c3ccccc3)cc2[n+]1CCCS(=O)(=O)O)CC1Oc2ccc(Cl)cc2N1CCCSO. The zero-order valence-electron chi connectivity index (χ0n) is 23.3. The standard InChI is InChI=1S/C31H33ClN2O6S2/c1-2-22(18-30-33(14-6-16-41-35)27-21-25(32)11-13-29(27)40-30)19-31-34(15-7-17-42(36,37)38)26-20-24(10-12-28(26)39-31)23-8-4-3-5-9-23/h3-5,8-13,19-21,30H,2,6-7,14-18H2,1H3,(H-,35,36,37,38)/p+1. The number of anilines is 1. The van der Waals surface area contributed by atoms with E-state index in [0.29, 0.717) is 41.8 Å². The molecule has 8 nitrogen and oxygen atoms in total. The molecular weight excluding hydrogens is 596 g/mol. The molecule has 0 saturated heterocycles. The predicted molar refractivity (Wildman–Crippen MR) is 169 cm³/mol. The van der Waals surface area contributed by atoms with E-state index in [-0.39, 0.29) is 18.4 Å². The Bertz CT molecular complexity index is 1670. The molecule has 1 aliphatic rings. The van der Waals surface area contributed by atoms with Crippen LogP contribution in [-0.2, 0) is 16.7 Å². The van der Waals surface area contributed by atoms with Gasteiger partial charge in [0.05, 0.1) is 17.5 Å². The third kappa shape index (κ3) is 7.30. The predicted octanol–water partition coefficient (Wildman–Crippen LogP) is 7.32. The van der Waals surface area contributed by atoms with Crippen molar-refractivity contribution < 1.29 is 31.2 Å². The molecule has 0 saturated carbocycles. The molecule has 1 unspecified atom stereocenters. The van der Waals surface area contributed by atoms with Crippen LogP contribution < -0.4 is 14.2 Å². The Balaban J connectivity index is 1.48. The van der Waals surface area contributed by atoms with Gasteiger partial charge in [0.2, 0.25) is 5.58 Å². The van der Waals surface area contributed by atoms with Crippen LogP contribution in [0.3, 0.4) is 0 Å². The smallest absolute Gasteiger partial charge is 0.374 e. The van der Waals surface area contributed by atoms with Gasteiger partial charge in [0.15, 0.2) is 12.8 Å². The van der Waals surface area contributed by atoms with E-state index < -0.39 is 10.1 Å². The number of aromatic nitrogens is 1. The first-order valence-electron chi connectivity index (χ1n) is 13.9. The third-order valence-electron chi connectivity index (χ3n) is 7.32. The Morgan fingerprint density at radius 3 is 2.64 bits per heavy atom. The first-order valence-corrected chi connectivity index (χ1v) is 16.8. The third-order valence-corrected chi connectivity index (χ3v) is 8.83. The van der Waals surface area contributed by atoms with Gasteiger partial charge in [-0.05, 0) is 60.3 Å². The van der Waals surface area contributed by atoms with Crippen molar-refractivity contribution in [3.63, 3.8) is 0 Å². The lowest BCUT2D eigenvalue weighted by Gasteiger charge is -2.26. The lowest BCUT2D eigenvalue weighted by atomic mass is 10.1. The zero-order valence-corrected chi connectivity index (χ0v) is 25.7. The van der Waals surface area contributed by atoms with Crippen LogP contribution in [0.2, 0.25) is 5.02 Å². The van der Waals surface area contributed by atoms with E-state index in [0.717, 1.165) is 58.5 Å². The molecule has 4 aromatic rings. The number of benzene rings is 3. The highest BCUT2D eigenvalue weighted by molar-refractivity contribution is 7.93. The number of fused-ring (bicyclic) bond motifs is 2. The van der Waals surface area contributed by atoms with Gasteiger partial charge in [0.25, 0.3) is 15.6 Å². The summed E-state index contributed by atoms with van der Waals surface area (Å²) in [4.78, 5) is 2.19. The minimum atomic E-state index is -4.09. The number of hydrogen-bond acceptors (Lipinski definition) is 7. The summed E-state index contributed by atoms with van der Waals surface area (Å²) in [6.45, 7) is 3.13. The summed E-state index contributed by atoms with van der Waals surface area (Å²) in [7, 11) is -4.09. The normalized spacial score (nSPS) is 15.3. The van der Waals surface area contributed by atoms with Crippen molar-refractivity contribution in [2.45, 2.75) is 45.4 Å². The molecule has 0 spiro atoms. The molecule has 5 rings (SSSR count). The van der Waals surface area contributed by atoms with Gasteiger partial charge >= 0.3 is 5.89 Å². The maximum Gasteiger partial charge on any atom is 0.374 e. The number of aryl methyl sites for hydroxylation is 1. The van der Waals surface area contributed by atoms with Crippen molar-refractivity contribution in [3.05, 3.63) is 83.2 Å². The molecule has 2 N–H and O–H groups in total. The lowest BCUT2D eigenvalue weighted by Crippen LogP contribution is -2.37. The molecule has 3 aromatic carbocycles. The van der Waals surface area contributed by atoms with Crippen molar-refractivity contribution in [2.24, 2.45) is 0 Å². The second kappa shape index (κ2) is 13.5. The molecule has 42 heavy (non-hydrogen) atoms. The Labute approximate surface area is 255 Å². The fourth-order valence-corrected chi connectivity index (χ4v) is 6.17. The molecule has 11 heteroatoms. The fraction of sp³-hybridized carbons (Fsp3) is 0.323. The molecular formula is C31H34ClN2O6S2+. The van der Waals surface area contributed by atoms with Crippen LogP contribution in [0.15, 0.2) is 76.7 Å². The number of oxazole rings is 1. The zero-order chi connectivity index (χ0) is 29.7. The lowest BCUT2D eigenvalue weighted by molar-refractivity contribution is -0.677. The summed E-state index contributed by atoms with van der Waals surface area (Å²) in [5.41, 5.74) is 5.64. The minimum Gasteiger partial charge on any atom is -0.468 e. The van der Waals surface area contributed by atoms with E-state index in [4.69, 9.17) is 20.8 Å². The van der Waals surface area contributed by atoms with E-state index in [9.17, 15) is 17.5 Å². The molecule has 0 fully saturated rings. The van der Waals surface area contributed by atoms with Crippen molar-refractivity contribution in [2.75, 3.05) is 23.0 Å². The Hall–Kier alpha value is -3.02. The van der Waals surface area contributed by atoms with Gasteiger partial charge in [-0.1, -0.05) is 60.5 Å². The first-order chi connectivity index (χ1) is 20.3. The van der Waals surface area contributed by atoms with Gasteiger partial charge in [0.1, 0.15) is 5.75 Å². The van der Waals surface area contributed by atoms with Gasteiger partial charge in [-0.2, -0.15) is 13.0 Å². The van der Waals surface area contributed by atoms with Crippen LogP contribution in [0, 0.1) is 0 Å². The van der Waals surface area contributed by atoms with Gasteiger partial charge in [0, 0.05) is 36.2 Å². The van der Waals surface area contributed by atoms with Crippen molar-refractivity contribution >= 4 is 56.6 Å². The van der Waals surface area contributed by atoms with Crippen LogP contribution in [-0.4, -0.2) is 41.8 Å². The van der Waals surface area contributed by atoms with Crippen molar-refractivity contribution in [1.82, 2.24) is 0 Å². The molecule has 1 aromatic heterocycles. The minimum absolute atomic E-state index is 0.231. The highest BCUT2D eigenvalue weighted by atomic mass is 35.5. The highest BCUT2D eigenvalue weighted by Gasteiger charge is 2.32. The summed E-state index contributed by atoms with van der Waals surface area (Å²) in [5, 5.41) is 0.633. The summed E-state index contributed by atoms with van der Waals surface area (Å²) in [6.07, 6.45) is 4.11. The average Bonchev–Trinajstić information content (AvgIpc) is 3.49. The molecule has 222 valence electrons. The molecule has 1 atom stereocenters. The molecule has 0 bridgehead atoms. The maximum absolute atomic E-state index is 11.5. The number of ether oxygens (including phenoxy) is 1. The Morgan fingerprint density at radius 1 is 1.10 bits per heavy atom. The number of rotatable bonds is 13. The number of hydrogen-bond donors (Lipinski definition) is 2. The number of halogens is 1. The van der Waals surface area contributed by atoms with E-state index in [2.05, 4.69) is 11.8 Å². The van der Waals surface area contributed by atoms with E-state index in [1.54, 1.807) is 0 Å². The first kappa shape index (κ1) is 30.4. The topological polar surface area (TPSA) is 104 Å². The van der Waals surface area contributed by atoms with E-state index in [1.807, 2.05) is 77.4 Å². The maximum atomic E-state index is 11.5. The van der Waals surface area contributed by atoms with Crippen LogP contribution in [0.4, 0.5) is 5.69 Å². The van der Waals surface area contributed by atoms with Gasteiger partial charge in [-0.3, -0.25) is 4.55 Å². The average molecular weight is 630 g/mol. The molecule has 0 radical (unpaired) electrons. The molecule has 0 amide bonds. The fourth-order valence-electron chi connectivity index (χ4n) is 5.25. The Morgan fingerprint density at radius 2 is 1.90 bits per heavy atom. The van der Waals surface area contributed by atoms with E-state index in [1.165, 1.54) is 0 Å². The van der Waals surface area contributed by atoms with E-state index >= 15 is 0 Å². The molecule has 1 aliphatic heterocycles. The summed E-state index contributed by atoms with van der Waals surface area (Å²) in [5.74, 6) is 1.65. The largest absolute Gasteiger partial charge is 0.468 e. The second-order valence-corrected chi connectivity index (χ2v) is 12.9. The molecule has 2 heterocycles. The number of nitrogens with zero attached hydrogens (tertiary/aromatic N) is 2. The van der Waals surface area contributed by atoms with Crippen LogP contribution >= 0.6 is 23.6 Å². The summed E-state index contributed by atoms with van der Waals surface area (Å²) in [6, 6.07) is 21.6. The van der Waals surface area contributed by atoms with Crippen molar-refractivity contribution in [3.8, 4) is 16.9 Å². The van der Waals surface area contributed by atoms with Crippen molar-refractivity contribution in [1.29, 1.82) is 0 Å². The van der Waals surface area contributed by atoms with Gasteiger partial charge in [-0.25, -0.2) is 0 Å². The van der Waals surface area contributed by atoms with Crippen LogP contribution in [0.5, 0.6) is 5.75 Å². The second-order valence-electron chi connectivity index (χ2n) is 10.2. The summed E-state index contributed by atoms with van der Waals surface area (Å²) >= 11 is 7.14.